The average molecular weight is 285 g/mol. The Morgan fingerprint density at radius 2 is 1.95 bits per heavy atom. The lowest BCUT2D eigenvalue weighted by Crippen LogP contribution is -2.10. The molecule has 0 aliphatic rings. The van der Waals surface area contributed by atoms with Crippen molar-refractivity contribution in [1.29, 1.82) is 0 Å². The Hall–Kier alpha value is -2.44. The van der Waals surface area contributed by atoms with Gasteiger partial charge in [0.15, 0.2) is 5.65 Å². The van der Waals surface area contributed by atoms with E-state index < -0.39 is 0 Å². The Labute approximate surface area is 122 Å². The fourth-order valence-electron chi connectivity index (χ4n) is 2.86. The van der Waals surface area contributed by atoms with Gasteiger partial charge in [0.05, 0.1) is 22.8 Å². The van der Waals surface area contributed by atoms with Crippen LogP contribution in [0.4, 0.5) is 5.82 Å². The molecule has 0 unspecified atom stereocenters. The Kier molecular flexibility index (Phi) is 3.12. The zero-order chi connectivity index (χ0) is 15.1. The predicted molar refractivity (Wildman–Crippen MR) is 81.1 cm³/mol. The van der Waals surface area contributed by atoms with Crippen molar-refractivity contribution in [2.24, 2.45) is 7.05 Å². The van der Waals surface area contributed by atoms with Gasteiger partial charge in [-0.2, -0.15) is 10.2 Å². The van der Waals surface area contributed by atoms with E-state index >= 15 is 0 Å². The molecule has 7 nitrogen and oxygen atoms in total. The van der Waals surface area contributed by atoms with Crippen LogP contribution in [0.15, 0.2) is 6.33 Å². The first-order valence-electron chi connectivity index (χ1n) is 6.91. The number of H-pyrrole nitrogens is 1. The highest BCUT2D eigenvalue weighted by molar-refractivity contribution is 5.89. The number of hydrogen-bond acceptors (Lipinski definition) is 5. The summed E-state index contributed by atoms with van der Waals surface area (Å²) in [4.78, 5) is 8.68. The number of nitrogens with zero attached hydrogens (tertiary/aromatic N) is 5. The van der Waals surface area contributed by atoms with Gasteiger partial charge in [0.25, 0.3) is 0 Å². The number of nitrogens with one attached hydrogen (secondary N) is 2. The molecule has 3 aromatic heterocycles. The molecule has 0 saturated carbocycles. The van der Waals surface area contributed by atoms with Crippen molar-refractivity contribution < 1.29 is 0 Å². The summed E-state index contributed by atoms with van der Waals surface area (Å²) in [5, 5.41) is 16.1. The van der Waals surface area contributed by atoms with Crippen molar-refractivity contribution >= 4 is 16.9 Å². The van der Waals surface area contributed by atoms with Gasteiger partial charge in [0, 0.05) is 18.3 Å². The number of rotatable bonds is 3. The minimum absolute atomic E-state index is 0.0986. The maximum Gasteiger partial charge on any atom is 0.163 e. The van der Waals surface area contributed by atoms with E-state index in [-0.39, 0.29) is 6.04 Å². The second kappa shape index (κ2) is 4.83. The van der Waals surface area contributed by atoms with Gasteiger partial charge in [-0.15, -0.1) is 0 Å². The number of aryl methyl sites for hydroxylation is 4. The third-order valence-corrected chi connectivity index (χ3v) is 3.77. The summed E-state index contributed by atoms with van der Waals surface area (Å²) in [7, 11) is 1.89. The van der Waals surface area contributed by atoms with Crippen molar-refractivity contribution in [2.45, 2.75) is 33.7 Å². The maximum atomic E-state index is 4.41. The third kappa shape index (κ3) is 2.14. The van der Waals surface area contributed by atoms with Crippen molar-refractivity contribution in [3.05, 3.63) is 29.0 Å². The molecule has 7 heteroatoms. The highest BCUT2D eigenvalue weighted by Crippen LogP contribution is 2.27. The number of aromatic nitrogens is 6. The second-order valence-corrected chi connectivity index (χ2v) is 5.34. The molecule has 0 fully saturated rings. The van der Waals surface area contributed by atoms with Crippen molar-refractivity contribution in [3.63, 3.8) is 0 Å². The highest BCUT2D eigenvalue weighted by atomic mass is 15.3. The minimum Gasteiger partial charge on any atom is -0.363 e. The Balaban J connectivity index is 2.03. The SMILES string of the molecule is Cc1n[nH]c(C)c1[C@H](C)Nc1ncnc2c1c(C)nn2C. The van der Waals surface area contributed by atoms with E-state index in [9.17, 15) is 0 Å². The molecular weight excluding hydrogens is 266 g/mol. The Bertz CT molecular complexity index is 780. The normalized spacial score (nSPS) is 12.8. The molecule has 0 amide bonds. The summed E-state index contributed by atoms with van der Waals surface area (Å²) in [6, 6.07) is 0.0986. The van der Waals surface area contributed by atoms with Gasteiger partial charge in [0.2, 0.25) is 0 Å². The molecule has 3 heterocycles. The molecule has 0 aliphatic carbocycles. The zero-order valence-electron chi connectivity index (χ0n) is 12.9. The number of aromatic amines is 1. The van der Waals surface area contributed by atoms with Crippen LogP contribution >= 0.6 is 0 Å². The fraction of sp³-hybridized carbons (Fsp3) is 0.429. The average Bonchev–Trinajstić information content (AvgIpc) is 2.91. The summed E-state index contributed by atoms with van der Waals surface area (Å²) >= 11 is 0. The van der Waals surface area contributed by atoms with Crippen LogP contribution in [0, 0.1) is 20.8 Å². The molecular formula is C14H19N7. The molecule has 0 aromatic carbocycles. The van der Waals surface area contributed by atoms with Gasteiger partial charge in [-0.25, -0.2) is 9.97 Å². The van der Waals surface area contributed by atoms with E-state index in [1.54, 1.807) is 11.0 Å². The van der Waals surface area contributed by atoms with Crippen molar-refractivity contribution in [3.8, 4) is 0 Å². The number of fused-ring (bicyclic) bond motifs is 1. The van der Waals surface area contributed by atoms with E-state index in [2.05, 4.69) is 37.5 Å². The van der Waals surface area contributed by atoms with E-state index in [0.717, 1.165) is 33.9 Å². The number of anilines is 1. The van der Waals surface area contributed by atoms with Gasteiger partial charge >= 0.3 is 0 Å². The topological polar surface area (TPSA) is 84.3 Å². The maximum absolute atomic E-state index is 4.41. The van der Waals surface area contributed by atoms with Crippen LogP contribution in [0.1, 0.15) is 35.6 Å². The standard InChI is InChI=1S/C14H19N7/c1-7(11-8(2)18-19-9(11)3)17-13-12-10(4)20-21(5)14(12)16-6-15-13/h6-7H,1-5H3,(H,18,19)(H,15,16,17)/t7-/m0/s1. The van der Waals surface area contributed by atoms with Gasteiger partial charge in [0.1, 0.15) is 12.1 Å². The monoisotopic (exact) mass is 285 g/mol. The molecule has 3 aromatic rings. The lowest BCUT2D eigenvalue weighted by molar-refractivity contribution is 0.773. The largest absolute Gasteiger partial charge is 0.363 e. The summed E-state index contributed by atoms with van der Waals surface area (Å²) < 4.78 is 1.77. The molecule has 21 heavy (non-hydrogen) atoms. The summed E-state index contributed by atoms with van der Waals surface area (Å²) in [6.45, 7) is 8.10. The van der Waals surface area contributed by atoms with Gasteiger partial charge < -0.3 is 5.32 Å². The molecule has 0 spiro atoms. The molecule has 0 radical (unpaired) electrons. The molecule has 110 valence electrons. The van der Waals surface area contributed by atoms with Gasteiger partial charge in [-0.3, -0.25) is 9.78 Å². The lowest BCUT2D eigenvalue weighted by atomic mass is 10.1. The minimum atomic E-state index is 0.0986. The molecule has 0 aliphatic heterocycles. The molecule has 0 bridgehead atoms. The van der Waals surface area contributed by atoms with E-state index in [1.807, 2.05) is 27.8 Å². The zero-order valence-corrected chi connectivity index (χ0v) is 12.9. The van der Waals surface area contributed by atoms with Gasteiger partial charge in [-0.05, 0) is 27.7 Å². The van der Waals surface area contributed by atoms with E-state index in [0.29, 0.717) is 0 Å². The fourth-order valence-corrected chi connectivity index (χ4v) is 2.86. The van der Waals surface area contributed by atoms with Crippen LogP contribution in [0.2, 0.25) is 0 Å². The lowest BCUT2D eigenvalue weighted by Gasteiger charge is -2.15. The Morgan fingerprint density at radius 3 is 2.62 bits per heavy atom. The van der Waals surface area contributed by atoms with Crippen LogP contribution in [0.25, 0.3) is 11.0 Å². The summed E-state index contributed by atoms with van der Waals surface area (Å²) in [6.07, 6.45) is 1.56. The highest BCUT2D eigenvalue weighted by Gasteiger charge is 2.18. The molecule has 1 atom stereocenters. The number of hydrogen-bond donors (Lipinski definition) is 2. The van der Waals surface area contributed by atoms with E-state index in [1.165, 1.54) is 5.56 Å². The van der Waals surface area contributed by atoms with Crippen LogP contribution in [0.3, 0.4) is 0 Å². The first kappa shape index (κ1) is 13.5. The molecule has 0 saturated heterocycles. The predicted octanol–water partition coefficient (Wildman–Crippen LogP) is 2.18. The quantitative estimate of drug-likeness (QED) is 0.770. The summed E-state index contributed by atoms with van der Waals surface area (Å²) in [5.74, 6) is 0.804. The second-order valence-electron chi connectivity index (χ2n) is 5.34. The van der Waals surface area contributed by atoms with Crippen molar-refractivity contribution in [2.75, 3.05) is 5.32 Å². The molecule has 2 N–H and O–H groups in total. The third-order valence-electron chi connectivity index (χ3n) is 3.77. The summed E-state index contributed by atoms with van der Waals surface area (Å²) in [5.41, 5.74) is 4.99. The van der Waals surface area contributed by atoms with Crippen molar-refractivity contribution in [1.82, 2.24) is 29.9 Å². The van der Waals surface area contributed by atoms with Crippen LogP contribution in [-0.4, -0.2) is 29.9 Å². The van der Waals surface area contributed by atoms with Crippen LogP contribution in [-0.2, 0) is 7.05 Å². The smallest absolute Gasteiger partial charge is 0.163 e. The first-order valence-corrected chi connectivity index (χ1v) is 6.91. The van der Waals surface area contributed by atoms with Crippen LogP contribution < -0.4 is 5.32 Å². The van der Waals surface area contributed by atoms with Gasteiger partial charge in [-0.1, -0.05) is 0 Å². The van der Waals surface area contributed by atoms with E-state index in [4.69, 9.17) is 0 Å². The molecule has 3 rings (SSSR count). The van der Waals surface area contributed by atoms with Crippen LogP contribution in [0.5, 0.6) is 0 Å². The Morgan fingerprint density at radius 1 is 1.19 bits per heavy atom. The first-order chi connectivity index (χ1) is 9.99.